The van der Waals surface area contributed by atoms with Crippen molar-refractivity contribution in [3.63, 3.8) is 0 Å². The highest BCUT2D eigenvalue weighted by Gasteiger charge is 2.41. The predicted octanol–water partition coefficient (Wildman–Crippen LogP) is 12.2. The second-order valence-electron chi connectivity index (χ2n) is 28.1. The second-order valence-corrected chi connectivity index (χ2v) is 32.3. The highest BCUT2D eigenvalue weighted by Crippen LogP contribution is 2.44. The van der Waals surface area contributed by atoms with Crippen LogP contribution in [0.2, 0.25) is 10.0 Å². The normalized spacial score (nSPS) is 20.2. The van der Waals surface area contributed by atoms with Crippen LogP contribution < -0.4 is 35.7 Å². The number of nitro groups is 2. The number of benzene rings is 6. The van der Waals surface area contributed by atoms with Gasteiger partial charge in [-0.2, -0.15) is 0 Å². The van der Waals surface area contributed by atoms with Crippen LogP contribution in [0, 0.1) is 26.1 Å². The summed E-state index contributed by atoms with van der Waals surface area (Å²) in [4.78, 5) is 85.7. The van der Waals surface area contributed by atoms with Gasteiger partial charge in [0.05, 0.1) is 188 Å². The molecule has 0 radical (unpaired) electrons. The number of esters is 5. The Bertz CT molecular complexity index is 4970. The SMILES string of the molecule is COC(=O)c1cc(O[C@H]2CCOC2)c2nc(Br)sc2c1.COC(=O)c1cc(O[C@H]2CCOC2)c2nc(N)sc2c1.COC(=O)c1ccc(N)c(O[C@H]2CCOC2)c1.COC(=O)c1ccc([N+](=O)[O-])c(O)c1.COC(=O)c1ccc([N+](=O)[O-])c(O[C@H]2CCOC2)c1.Clc1cccc(Cl)c1-n1nnc(C2CC2)c1CO[C@@H]1C[C@@H]2C[C@H]1CN2.O[C@@H]1CCOC1. The maximum absolute atomic E-state index is 11.7. The highest BCUT2D eigenvalue weighted by atomic mass is 79.9. The van der Waals surface area contributed by atoms with Gasteiger partial charge in [0.25, 0.3) is 0 Å². The number of ether oxygens (including phenoxy) is 15. The number of nitrogens with one attached hydrogen (secondary N) is 1. The van der Waals surface area contributed by atoms with E-state index in [0.717, 1.165) is 87.6 Å². The van der Waals surface area contributed by atoms with Crippen LogP contribution in [-0.4, -0.2) is 226 Å². The molecule has 6 aromatic carbocycles. The van der Waals surface area contributed by atoms with Gasteiger partial charge in [0, 0.05) is 75.1 Å². The van der Waals surface area contributed by atoms with Gasteiger partial charge in [-0.1, -0.05) is 45.8 Å². The van der Waals surface area contributed by atoms with Gasteiger partial charge >= 0.3 is 41.2 Å². The average Bonchev–Trinajstić information content (AvgIpc) is 1.63. The molecule has 8 atom stereocenters. The molecule has 0 spiro atoms. The Labute approximate surface area is 718 Å². The lowest BCUT2D eigenvalue weighted by atomic mass is 10.1. The molecule has 41 heteroatoms. The van der Waals surface area contributed by atoms with Gasteiger partial charge in [0.15, 0.2) is 20.5 Å². The Morgan fingerprint density at radius 1 is 0.570 bits per heavy atom. The van der Waals surface area contributed by atoms with Crippen molar-refractivity contribution in [1.29, 1.82) is 0 Å². The number of aromatic hydroxyl groups is 1. The molecule has 36 nitrogen and oxygen atoms in total. The number of carbonyl (C=O) groups excluding carboxylic acids is 5. The van der Waals surface area contributed by atoms with E-state index >= 15 is 0 Å². The zero-order valence-electron chi connectivity index (χ0n) is 66.2. The number of rotatable bonds is 20. The summed E-state index contributed by atoms with van der Waals surface area (Å²) < 4.78 is 82.4. The van der Waals surface area contributed by atoms with Crippen LogP contribution in [0.1, 0.15) is 127 Å². The largest absolute Gasteiger partial charge is 0.502 e. The molecule has 8 aliphatic rings. The number of hydrogen-bond acceptors (Lipinski definition) is 35. The molecule has 8 fully saturated rings. The first-order valence-corrected chi connectivity index (χ1v) is 41.3. The topological polar surface area (TPSA) is 471 Å². The minimum atomic E-state index is -0.740. The molecule has 9 aromatic rings. The monoisotopic (exact) mass is 1820 g/mol. The van der Waals surface area contributed by atoms with Crippen LogP contribution in [0.15, 0.2) is 101 Å². The zero-order valence-corrected chi connectivity index (χ0v) is 70.9. The van der Waals surface area contributed by atoms with Crippen molar-refractivity contribution in [2.75, 3.05) is 120 Å². The van der Waals surface area contributed by atoms with Gasteiger partial charge in [0.1, 0.15) is 58.4 Å². The second kappa shape index (κ2) is 44.0. The molecule has 121 heavy (non-hydrogen) atoms. The first kappa shape index (κ1) is 91.5. The Kier molecular flexibility index (Phi) is 33.3. The molecule has 6 saturated heterocycles. The smallest absolute Gasteiger partial charge is 0.338 e. The highest BCUT2D eigenvalue weighted by molar-refractivity contribution is 9.11. The molecule has 2 bridgehead atoms. The number of aromatic nitrogens is 5. The van der Waals surface area contributed by atoms with E-state index in [1.165, 1.54) is 102 Å². The number of fused-ring (bicyclic) bond motifs is 4. The molecule has 2 saturated carbocycles. The van der Waals surface area contributed by atoms with E-state index in [0.29, 0.717) is 162 Å². The van der Waals surface area contributed by atoms with Crippen molar-refractivity contribution in [3.8, 4) is 34.4 Å². The number of carbonyl (C=O) groups is 5. The summed E-state index contributed by atoms with van der Waals surface area (Å²) in [6.45, 7) is 7.56. The molecule has 6 aliphatic heterocycles. The molecule has 648 valence electrons. The third-order valence-corrected chi connectivity index (χ3v) is 22.5. The minimum Gasteiger partial charge on any atom is -0.502 e. The summed E-state index contributed by atoms with van der Waals surface area (Å²) in [5.74, 6) is -0.153. The molecular weight excluding hydrogens is 1730 g/mol. The van der Waals surface area contributed by atoms with Crippen molar-refractivity contribution in [1.82, 2.24) is 30.3 Å². The average molecular weight is 1820 g/mol. The Morgan fingerprint density at radius 2 is 1.02 bits per heavy atom. The number of methoxy groups -OCH3 is 5. The third-order valence-electron chi connectivity index (χ3n) is 19.6. The van der Waals surface area contributed by atoms with Crippen LogP contribution in [0.5, 0.6) is 28.7 Å². The number of para-hydroxylation sites is 1. The summed E-state index contributed by atoms with van der Waals surface area (Å²) in [6, 6.07) is 24.9. The summed E-state index contributed by atoms with van der Waals surface area (Å²) >= 11 is 18.9. The molecule has 3 aromatic heterocycles. The van der Waals surface area contributed by atoms with Gasteiger partial charge in [-0.3, -0.25) is 20.2 Å². The fourth-order valence-electron chi connectivity index (χ4n) is 13.3. The van der Waals surface area contributed by atoms with Crippen LogP contribution in [0.4, 0.5) is 22.2 Å². The number of phenolic OH excluding ortho intramolecular Hbond substituents is 1. The van der Waals surface area contributed by atoms with Gasteiger partial charge in [0.2, 0.25) is 0 Å². The number of phenols is 1. The third kappa shape index (κ3) is 25.0. The van der Waals surface area contributed by atoms with Gasteiger partial charge in [-0.25, -0.2) is 38.6 Å². The zero-order chi connectivity index (χ0) is 86.4. The van der Waals surface area contributed by atoms with Crippen molar-refractivity contribution in [2.45, 2.75) is 113 Å². The van der Waals surface area contributed by atoms with Crippen molar-refractivity contribution >= 4 is 134 Å². The molecule has 9 heterocycles. The maximum atomic E-state index is 11.7. The van der Waals surface area contributed by atoms with E-state index in [4.69, 9.17) is 102 Å². The predicted molar refractivity (Wildman–Crippen MR) is 444 cm³/mol. The van der Waals surface area contributed by atoms with E-state index in [-0.39, 0.29) is 59.1 Å². The van der Waals surface area contributed by atoms with Crippen LogP contribution >= 0.6 is 61.8 Å². The molecule has 2 aliphatic carbocycles. The van der Waals surface area contributed by atoms with Crippen molar-refractivity contribution in [3.05, 3.63) is 170 Å². The van der Waals surface area contributed by atoms with Crippen LogP contribution in [0.3, 0.4) is 0 Å². The Morgan fingerprint density at radius 3 is 1.47 bits per heavy atom. The first-order chi connectivity index (χ1) is 58.3. The summed E-state index contributed by atoms with van der Waals surface area (Å²) in [6.07, 6.45) is 8.55. The summed E-state index contributed by atoms with van der Waals surface area (Å²) in [7, 11) is 6.47. The Hall–Kier alpha value is -10.3. The van der Waals surface area contributed by atoms with Gasteiger partial charge in [-0.05, 0) is 121 Å². The molecule has 17 rings (SSSR count). The van der Waals surface area contributed by atoms with E-state index in [1.807, 2.05) is 18.2 Å². The molecular formula is C80H89BrCl2N10O26S2. The number of aliphatic hydroxyl groups excluding tert-OH is 1. The molecule has 0 unspecified atom stereocenters. The number of piperidine rings is 1. The minimum absolute atomic E-state index is 0.00481. The summed E-state index contributed by atoms with van der Waals surface area (Å²) in [5, 5.41) is 52.9. The van der Waals surface area contributed by atoms with E-state index < -0.39 is 45.2 Å². The lowest BCUT2D eigenvalue weighted by Crippen LogP contribution is -2.34. The van der Waals surface area contributed by atoms with E-state index in [1.54, 1.807) is 47.1 Å². The number of aliphatic hydroxyl groups is 1. The van der Waals surface area contributed by atoms with Crippen LogP contribution in [0.25, 0.3) is 26.1 Å². The number of nitrogens with zero attached hydrogens (tertiary/aromatic N) is 7. The van der Waals surface area contributed by atoms with Gasteiger partial charge < -0.3 is 98.1 Å². The lowest BCUT2D eigenvalue weighted by Gasteiger charge is -2.23. The Balaban J connectivity index is 0.000000141. The maximum Gasteiger partial charge on any atom is 0.338 e. The van der Waals surface area contributed by atoms with Crippen molar-refractivity contribution in [2.24, 2.45) is 5.92 Å². The van der Waals surface area contributed by atoms with Gasteiger partial charge in [-0.15, -0.1) is 16.4 Å². The number of halogens is 3. The molecule has 7 N–H and O–H groups in total. The fraction of sp³-hybridized carbons (Fsp3) is 0.438. The number of thiazole rings is 2. The lowest BCUT2D eigenvalue weighted by molar-refractivity contribution is -0.386. The standard InChI is InChI=1S/C18H20Cl2N4O.C13H12BrNO4S.C13H14N2O4S.C12H13NO6.C12H15NO4.C8H7NO5.C4H8O2/c19-13-2-1-3-14(20)18(13)24-15(17(22-23-24)10-4-5-10)9-25-16-7-12-6-11(16)8-21-12;2*1-17-12(16)7-4-9(19-8-2-3-18-6-8)11-10(5-7)20-13(14)15-11;1-17-12(14)8-2-3-10(13(15)16)11(6-8)19-9-4-5-18-7-9;1-15-12(14)8-2-3-10(13)11(6-8)17-9-4-5-16-7-9;1-14-8(11)5-2-3-6(9(12)13)7(10)4-5;5-4-1-2-6-3-4/h1-3,10-12,16,21H,4-9H2;4-5,8H,2-3,6H2,1H3;4-5,8H,2-3,6H2,1H3,(H2,14,15);2-3,6,9H,4-5,7H2,1H3;2-3,6,9H,4-5,7,13H2,1H3;2-4,10H,1H3;4-5H,1-3H2/t11-,12-,16+;2*8-;2*9-;;4-/m00000.1/s1. The van der Waals surface area contributed by atoms with E-state index in [2.05, 4.69) is 55.7 Å². The number of anilines is 2. The number of hydrogen-bond donors (Lipinski definition) is 5. The quantitative estimate of drug-likeness (QED) is 0.0155. The number of nitrogens with two attached hydrogens (primary N) is 2. The van der Waals surface area contributed by atoms with E-state index in [9.17, 15) is 44.2 Å². The fourth-order valence-corrected chi connectivity index (χ4v) is 16.1. The van der Waals surface area contributed by atoms with Crippen molar-refractivity contribution < 1.29 is 115 Å². The molecule has 0 amide bonds. The number of nitrogen functional groups attached to an aromatic ring is 2. The number of nitro benzene ring substituents is 2. The van der Waals surface area contributed by atoms with Crippen LogP contribution in [-0.2, 0) is 58.7 Å². The summed E-state index contributed by atoms with van der Waals surface area (Å²) in [5.41, 5.74) is 17.1. The first-order valence-electron chi connectivity index (χ1n) is 38.2.